The second-order valence-electron chi connectivity index (χ2n) is 3.90. The molecule has 0 radical (unpaired) electrons. The number of benzene rings is 1. The van der Waals surface area contributed by atoms with Crippen LogP contribution in [0.3, 0.4) is 0 Å². The van der Waals surface area contributed by atoms with Crippen molar-refractivity contribution in [2.75, 3.05) is 0 Å². The van der Waals surface area contributed by atoms with Gasteiger partial charge >= 0.3 is 0 Å². The minimum absolute atomic E-state index is 0.236. The van der Waals surface area contributed by atoms with E-state index in [1.54, 1.807) is 24.3 Å². The zero-order chi connectivity index (χ0) is 14.2. The first kappa shape index (κ1) is 13.5. The van der Waals surface area contributed by atoms with Gasteiger partial charge in [0, 0.05) is 12.3 Å². The van der Waals surface area contributed by atoms with Gasteiger partial charge in [-0.1, -0.05) is 36.4 Å². The average Bonchev–Trinajstić information content (AvgIpc) is 2.52. The van der Waals surface area contributed by atoms with Gasteiger partial charge in [0.05, 0.1) is 0 Å². The zero-order valence-electron chi connectivity index (χ0n) is 10.6. The van der Waals surface area contributed by atoms with Crippen molar-refractivity contribution >= 4 is 17.9 Å². The van der Waals surface area contributed by atoms with Gasteiger partial charge in [-0.2, -0.15) is 0 Å². The third kappa shape index (κ3) is 4.06. The maximum absolute atomic E-state index is 11.6. The highest BCUT2D eigenvalue weighted by atomic mass is 16.2. The van der Waals surface area contributed by atoms with Crippen molar-refractivity contribution in [3.8, 4) is 0 Å². The molecule has 2 amide bonds. The Bertz CT molecular complexity index is 610. The normalized spacial score (nSPS) is 10.2. The molecule has 0 aliphatic rings. The molecule has 1 aromatic heterocycles. The molecule has 0 fully saturated rings. The molecule has 2 rings (SSSR count). The molecule has 2 aromatic rings. The van der Waals surface area contributed by atoms with Crippen molar-refractivity contribution in [3.05, 3.63) is 72.1 Å². The highest BCUT2D eigenvalue weighted by Gasteiger charge is 2.05. The number of carbonyl (C=O) groups is 2. The molecule has 0 atom stereocenters. The first-order valence-electron chi connectivity index (χ1n) is 6.00. The SMILES string of the molecule is O=C(/C=C/c1ccccc1)NNC(=O)c1ccccn1. The van der Waals surface area contributed by atoms with Crippen LogP contribution in [0.5, 0.6) is 0 Å². The van der Waals surface area contributed by atoms with E-state index in [1.165, 1.54) is 12.3 Å². The van der Waals surface area contributed by atoms with Gasteiger partial charge in [0.25, 0.3) is 11.8 Å². The van der Waals surface area contributed by atoms with Gasteiger partial charge in [0.2, 0.25) is 0 Å². The van der Waals surface area contributed by atoms with Crippen molar-refractivity contribution in [3.63, 3.8) is 0 Å². The zero-order valence-corrected chi connectivity index (χ0v) is 10.6. The maximum atomic E-state index is 11.6. The van der Waals surface area contributed by atoms with Crippen LogP contribution in [0.25, 0.3) is 6.08 Å². The van der Waals surface area contributed by atoms with Crippen molar-refractivity contribution in [1.82, 2.24) is 15.8 Å². The van der Waals surface area contributed by atoms with E-state index in [0.29, 0.717) is 0 Å². The third-order valence-electron chi connectivity index (χ3n) is 2.42. The second kappa shape index (κ2) is 6.84. The van der Waals surface area contributed by atoms with Crippen molar-refractivity contribution < 1.29 is 9.59 Å². The molecular formula is C15H13N3O2. The summed E-state index contributed by atoms with van der Waals surface area (Å²) in [5, 5.41) is 0. The third-order valence-corrected chi connectivity index (χ3v) is 2.42. The van der Waals surface area contributed by atoms with Crippen LogP contribution in [0.2, 0.25) is 0 Å². The molecule has 0 aliphatic carbocycles. The number of carbonyl (C=O) groups excluding carboxylic acids is 2. The second-order valence-corrected chi connectivity index (χ2v) is 3.90. The quantitative estimate of drug-likeness (QED) is 0.655. The minimum atomic E-state index is -0.466. The molecule has 0 saturated heterocycles. The molecule has 0 bridgehead atoms. The molecule has 2 N–H and O–H groups in total. The summed E-state index contributed by atoms with van der Waals surface area (Å²) in [7, 11) is 0. The van der Waals surface area contributed by atoms with Gasteiger partial charge in [-0.3, -0.25) is 25.4 Å². The lowest BCUT2D eigenvalue weighted by molar-refractivity contribution is -0.117. The lowest BCUT2D eigenvalue weighted by atomic mass is 10.2. The number of pyridine rings is 1. The summed E-state index contributed by atoms with van der Waals surface area (Å²) >= 11 is 0. The van der Waals surface area contributed by atoms with E-state index < -0.39 is 11.8 Å². The van der Waals surface area contributed by atoms with Gasteiger partial charge in [0.1, 0.15) is 5.69 Å². The van der Waals surface area contributed by atoms with Crippen LogP contribution in [-0.2, 0) is 4.79 Å². The minimum Gasteiger partial charge on any atom is -0.268 e. The number of hydrazine groups is 1. The molecule has 20 heavy (non-hydrogen) atoms. The summed E-state index contributed by atoms with van der Waals surface area (Å²) in [6, 6.07) is 14.3. The van der Waals surface area contributed by atoms with Crippen molar-refractivity contribution in [2.45, 2.75) is 0 Å². The number of aromatic nitrogens is 1. The average molecular weight is 267 g/mol. The maximum Gasteiger partial charge on any atom is 0.288 e. The van der Waals surface area contributed by atoms with E-state index >= 15 is 0 Å². The van der Waals surface area contributed by atoms with Gasteiger partial charge in [0.15, 0.2) is 0 Å². The van der Waals surface area contributed by atoms with Crippen LogP contribution < -0.4 is 10.9 Å². The molecule has 0 unspecified atom stereocenters. The fourth-order valence-corrected chi connectivity index (χ4v) is 1.46. The van der Waals surface area contributed by atoms with Crippen LogP contribution in [0.1, 0.15) is 16.1 Å². The highest BCUT2D eigenvalue weighted by molar-refractivity contribution is 5.96. The number of rotatable bonds is 3. The number of hydrogen-bond acceptors (Lipinski definition) is 3. The fourth-order valence-electron chi connectivity index (χ4n) is 1.46. The first-order valence-corrected chi connectivity index (χ1v) is 6.00. The largest absolute Gasteiger partial charge is 0.288 e. The Balaban J connectivity index is 1.84. The van der Waals surface area contributed by atoms with E-state index in [0.717, 1.165) is 5.56 Å². The Kier molecular flexibility index (Phi) is 4.61. The van der Waals surface area contributed by atoms with Crippen LogP contribution in [0, 0.1) is 0 Å². The summed E-state index contributed by atoms with van der Waals surface area (Å²) in [6.07, 6.45) is 4.50. The Labute approximate surface area is 116 Å². The fraction of sp³-hybridized carbons (Fsp3) is 0. The monoisotopic (exact) mass is 267 g/mol. The Morgan fingerprint density at radius 2 is 1.70 bits per heavy atom. The standard InChI is InChI=1S/C15H13N3O2/c19-14(10-9-12-6-2-1-3-7-12)17-18-15(20)13-8-4-5-11-16-13/h1-11H,(H,17,19)(H,18,20)/b10-9+. The lowest BCUT2D eigenvalue weighted by Gasteiger charge is -2.04. The molecule has 5 heteroatoms. The number of nitrogens with one attached hydrogen (secondary N) is 2. The summed E-state index contributed by atoms with van der Waals surface area (Å²) in [5.41, 5.74) is 5.71. The molecule has 1 aromatic carbocycles. The van der Waals surface area contributed by atoms with Crippen molar-refractivity contribution in [1.29, 1.82) is 0 Å². The summed E-state index contributed by atoms with van der Waals surface area (Å²) in [6.45, 7) is 0. The van der Waals surface area contributed by atoms with E-state index in [9.17, 15) is 9.59 Å². The highest BCUT2D eigenvalue weighted by Crippen LogP contribution is 2.00. The Hall–Kier alpha value is -2.95. The predicted octanol–water partition coefficient (Wildman–Crippen LogP) is 1.56. The predicted molar refractivity (Wildman–Crippen MR) is 75.3 cm³/mol. The summed E-state index contributed by atoms with van der Waals surface area (Å²) in [5.74, 6) is -0.884. The number of hydrogen-bond donors (Lipinski definition) is 2. The van der Waals surface area contributed by atoms with E-state index in [-0.39, 0.29) is 5.69 Å². The van der Waals surface area contributed by atoms with Crippen molar-refractivity contribution in [2.24, 2.45) is 0 Å². The van der Waals surface area contributed by atoms with Gasteiger partial charge in [-0.25, -0.2) is 0 Å². The molecule has 100 valence electrons. The van der Waals surface area contributed by atoms with Crippen LogP contribution in [0.15, 0.2) is 60.8 Å². The first-order chi connectivity index (χ1) is 9.75. The Morgan fingerprint density at radius 3 is 2.40 bits per heavy atom. The number of amides is 2. The molecule has 0 saturated carbocycles. The molecule has 0 spiro atoms. The number of nitrogens with zero attached hydrogens (tertiary/aromatic N) is 1. The summed E-state index contributed by atoms with van der Waals surface area (Å²) < 4.78 is 0. The van der Waals surface area contributed by atoms with E-state index in [4.69, 9.17) is 0 Å². The van der Waals surface area contributed by atoms with Crippen LogP contribution >= 0.6 is 0 Å². The van der Waals surface area contributed by atoms with E-state index in [2.05, 4.69) is 15.8 Å². The van der Waals surface area contributed by atoms with Gasteiger partial charge in [-0.05, 0) is 23.8 Å². The summed E-state index contributed by atoms with van der Waals surface area (Å²) in [4.78, 5) is 27.0. The topological polar surface area (TPSA) is 71.1 Å². The van der Waals surface area contributed by atoms with E-state index in [1.807, 2.05) is 30.3 Å². The molecule has 5 nitrogen and oxygen atoms in total. The Morgan fingerprint density at radius 1 is 0.950 bits per heavy atom. The molecular weight excluding hydrogens is 254 g/mol. The smallest absolute Gasteiger partial charge is 0.268 e. The lowest BCUT2D eigenvalue weighted by Crippen LogP contribution is -2.41. The van der Waals surface area contributed by atoms with Crippen LogP contribution in [-0.4, -0.2) is 16.8 Å². The molecule has 1 heterocycles. The molecule has 0 aliphatic heterocycles. The van der Waals surface area contributed by atoms with Crippen LogP contribution in [0.4, 0.5) is 0 Å². The van der Waals surface area contributed by atoms with Gasteiger partial charge < -0.3 is 0 Å². The van der Waals surface area contributed by atoms with Gasteiger partial charge in [-0.15, -0.1) is 0 Å².